The van der Waals surface area contributed by atoms with Crippen LogP contribution in [0.2, 0.25) is 5.02 Å². The molecule has 0 amide bonds. The number of halogens is 1. The van der Waals surface area contributed by atoms with E-state index >= 15 is 0 Å². The third-order valence-electron chi connectivity index (χ3n) is 3.04. The van der Waals surface area contributed by atoms with Gasteiger partial charge in [0.2, 0.25) is 0 Å². The molecule has 0 N–H and O–H groups in total. The van der Waals surface area contributed by atoms with Crippen LogP contribution in [0.5, 0.6) is 0 Å². The van der Waals surface area contributed by atoms with Crippen molar-refractivity contribution in [1.82, 2.24) is 9.78 Å². The first-order chi connectivity index (χ1) is 9.86. The van der Waals surface area contributed by atoms with Crippen molar-refractivity contribution < 1.29 is 9.90 Å². The van der Waals surface area contributed by atoms with Crippen LogP contribution in [-0.2, 0) is 0 Å². The minimum absolute atomic E-state index is 0.0167. The average molecular weight is 303 g/mol. The molecule has 0 atom stereocenters. The lowest BCUT2D eigenvalue weighted by molar-refractivity contribution is -0.255. The van der Waals surface area contributed by atoms with Gasteiger partial charge in [-0.3, -0.25) is 4.79 Å². The van der Waals surface area contributed by atoms with Crippen molar-refractivity contribution in [3.63, 3.8) is 0 Å². The summed E-state index contributed by atoms with van der Waals surface area (Å²) >= 11 is 5.99. The smallest absolute Gasteiger partial charge is 0.289 e. The molecule has 2 rings (SSSR count). The number of carboxylic acid groups (broad SMARTS) is 1. The van der Waals surface area contributed by atoms with Crippen molar-refractivity contribution in [1.29, 1.82) is 5.26 Å². The van der Waals surface area contributed by atoms with Crippen molar-refractivity contribution in [2.45, 2.75) is 13.8 Å². The van der Waals surface area contributed by atoms with E-state index in [9.17, 15) is 14.7 Å². The van der Waals surface area contributed by atoms with Crippen LogP contribution in [0.1, 0.15) is 27.2 Å². The molecule has 1 aromatic carbocycles. The van der Waals surface area contributed by atoms with E-state index in [0.29, 0.717) is 5.02 Å². The van der Waals surface area contributed by atoms with Gasteiger partial charge in [0.25, 0.3) is 5.56 Å². The molecular weight excluding hydrogens is 294 g/mol. The zero-order chi connectivity index (χ0) is 15.7. The molecular formula is C14H9ClN3O3-. The number of aromatic carboxylic acids is 1. The van der Waals surface area contributed by atoms with E-state index in [1.807, 2.05) is 0 Å². The molecule has 0 saturated heterocycles. The fourth-order valence-corrected chi connectivity index (χ4v) is 1.99. The van der Waals surface area contributed by atoms with Crippen LogP contribution in [0.4, 0.5) is 0 Å². The van der Waals surface area contributed by atoms with Gasteiger partial charge in [0.05, 0.1) is 11.7 Å². The Morgan fingerprint density at radius 2 is 2.10 bits per heavy atom. The van der Waals surface area contributed by atoms with Crippen molar-refractivity contribution >= 4 is 17.6 Å². The number of nitriles is 1. The Labute approximate surface area is 124 Å². The van der Waals surface area contributed by atoms with Gasteiger partial charge in [0, 0.05) is 10.6 Å². The van der Waals surface area contributed by atoms with Gasteiger partial charge in [-0.1, -0.05) is 17.7 Å². The number of benzene rings is 1. The number of aromatic nitrogens is 2. The predicted octanol–water partition coefficient (Wildman–Crippen LogP) is 0.738. The number of aryl methyl sites for hydroxylation is 1. The molecule has 2 aromatic rings. The Morgan fingerprint density at radius 1 is 1.43 bits per heavy atom. The number of carboxylic acids is 1. The molecule has 0 unspecified atom stereocenters. The highest BCUT2D eigenvalue weighted by atomic mass is 35.5. The van der Waals surface area contributed by atoms with Gasteiger partial charge in [-0.15, -0.1) is 0 Å². The Hall–Kier alpha value is -2.65. The summed E-state index contributed by atoms with van der Waals surface area (Å²) in [5, 5.41) is 24.3. The topological polar surface area (TPSA) is 98.8 Å². The quantitative estimate of drug-likeness (QED) is 0.814. The largest absolute Gasteiger partial charge is 0.543 e. The lowest BCUT2D eigenvalue weighted by Gasteiger charge is -2.12. The van der Waals surface area contributed by atoms with Gasteiger partial charge in [-0.2, -0.15) is 15.0 Å². The minimum atomic E-state index is -1.56. The standard InChI is InChI=1S/C14H10ClN3O3/c1-7-3-4-9(5-11(7)15)18-13(19)10(6-16)8(2)12(17-18)14(20)21/h3-5H,1-2H3,(H,20,21)/p-1. The highest BCUT2D eigenvalue weighted by Gasteiger charge is 2.16. The normalized spacial score (nSPS) is 10.2. The van der Waals surface area contributed by atoms with Crippen LogP contribution < -0.4 is 10.7 Å². The second kappa shape index (κ2) is 5.38. The molecule has 0 aliphatic heterocycles. The van der Waals surface area contributed by atoms with E-state index in [1.165, 1.54) is 13.0 Å². The predicted molar refractivity (Wildman–Crippen MR) is 73.4 cm³/mol. The highest BCUT2D eigenvalue weighted by Crippen LogP contribution is 2.18. The molecule has 0 fully saturated rings. The van der Waals surface area contributed by atoms with E-state index in [4.69, 9.17) is 16.9 Å². The number of rotatable bonds is 2. The summed E-state index contributed by atoms with van der Waals surface area (Å²) in [4.78, 5) is 23.3. The number of hydrogen-bond acceptors (Lipinski definition) is 5. The van der Waals surface area contributed by atoms with Crippen molar-refractivity contribution in [2.75, 3.05) is 0 Å². The summed E-state index contributed by atoms with van der Waals surface area (Å²) in [6.45, 7) is 3.12. The first kappa shape index (κ1) is 14.8. The number of hydrogen-bond donors (Lipinski definition) is 0. The summed E-state index contributed by atoms with van der Waals surface area (Å²) in [6.07, 6.45) is 0. The maximum atomic E-state index is 12.2. The van der Waals surface area contributed by atoms with E-state index in [0.717, 1.165) is 10.2 Å². The Balaban J connectivity index is 2.83. The van der Waals surface area contributed by atoms with Gasteiger partial charge >= 0.3 is 0 Å². The van der Waals surface area contributed by atoms with Crippen LogP contribution in [-0.4, -0.2) is 15.7 Å². The van der Waals surface area contributed by atoms with Crippen molar-refractivity contribution in [3.8, 4) is 11.8 Å². The maximum Gasteiger partial charge on any atom is 0.289 e. The average Bonchev–Trinajstić information content (AvgIpc) is 2.42. The third-order valence-corrected chi connectivity index (χ3v) is 3.45. The molecule has 106 valence electrons. The first-order valence-corrected chi connectivity index (χ1v) is 6.26. The van der Waals surface area contributed by atoms with E-state index in [1.54, 1.807) is 25.1 Å². The second-order valence-electron chi connectivity index (χ2n) is 4.40. The Morgan fingerprint density at radius 3 is 2.62 bits per heavy atom. The van der Waals surface area contributed by atoms with Gasteiger partial charge in [-0.25, -0.2) is 0 Å². The van der Waals surface area contributed by atoms with E-state index in [2.05, 4.69) is 5.10 Å². The van der Waals surface area contributed by atoms with E-state index in [-0.39, 0.29) is 16.8 Å². The van der Waals surface area contributed by atoms with Crippen LogP contribution in [0.3, 0.4) is 0 Å². The molecule has 0 aliphatic rings. The van der Waals surface area contributed by atoms with Gasteiger partial charge in [0.1, 0.15) is 17.3 Å². The second-order valence-corrected chi connectivity index (χ2v) is 4.81. The summed E-state index contributed by atoms with van der Waals surface area (Å²) in [7, 11) is 0. The first-order valence-electron chi connectivity index (χ1n) is 5.88. The van der Waals surface area contributed by atoms with Crippen LogP contribution >= 0.6 is 11.6 Å². The van der Waals surface area contributed by atoms with Crippen molar-refractivity contribution in [2.24, 2.45) is 0 Å². The maximum absolute atomic E-state index is 12.2. The van der Waals surface area contributed by atoms with Crippen LogP contribution in [0.25, 0.3) is 5.69 Å². The number of nitrogens with zero attached hydrogens (tertiary/aromatic N) is 3. The molecule has 1 aromatic heterocycles. The molecule has 21 heavy (non-hydrogen) atoms. The number of carbonyl (C=O) groups excluding carboxylic acids is 1. The SMILES string of the molecule is Cc1ccc(-n2nc(C(=O)[O-])c(C)c(C#N)c2=O)cc1Cl. The van der Waals surface area contributed by atoms with Crippen LogP contribution in [0, 0.1) is 25.2 Å². The number of carbonyl (C=O) groups is 1. The van der Waals surface area contributed by atoms with Gasteiger partial charge in [-0.05, 0) is 31.5 Å². The molecule has 0 spiro atoms. The zero-order valence-electron chi connectivity index (χ0n) is 11.2. The summed E-state index contributed by atoms with van der Waals surface area (Å²) < 4.78 is 0.835. The fraction of sp³-hybridized carbons (Fsp3) is 0.143. The minimum Gasteiger partial charge on any atom is -0.543 e. The lowest BCUT2D eigenvalue weighted by Crippen LogP contribution is -2.33. The lowest BCUT2D eigenvalue weighted by atomic mass is 10.1. The molecule has 0 bridgehead atoms. The molecule has 7 heteroatoms. The third kappa shape index (κ3) is 2.51. The van der Waals surface area contributed by atoms with E-state index < -0.39 is 17.2 Å². The monoisotopic (exact) mass is 302 g/mol. The Kier molecular flexibility index (Phi) is 3.78. The highest BCUT2D eigenvalue weighted by molar-refractivity contribution is 6.31. The molecule has 0 saturated carbocycles. The van der Waals surface area contributed by atoms with Crippen molar-refractivity contribution in [3.05, 3.63) is 56.0 Å². The fourth-order valence-electron chi connectivity index (χ4n) is 1.82. The zero-order valence-corrected chi connectivity index (χ0v) is 11.9. The van der Waals surface area contributed by atoms with Crippen LogP contribution in [0.15, 0.2) is 23.0 Å². The summed E-state index contributed by atoms with van der Waals surface area (Å²) in [6, 6.07) is 6.39. The Bertz CT molecular complexity index is 850. The van der Waals surface area contributed by atoms with Gasteiger partial charge < -0.3 is 9.90 Å². The molecule has 0 radical (unpaired) electrons. The molecule has 6 nitrogen and oxygen atoms in total. The molecule has 0 aliphatic carbocycles. The summed E-state index contributed by atoms with van der Waals surface area (Å²) in [5.41, 5.74) is -0.406. The summed E-state index contributed by atoms with van der Waals surface area (Å²) in [5.74, 6) is -1.56. The van der Waals surface area contributed by atoms with Gasteiger partial charge in [0.15, 0.2) is 0 Å². The molecule has 1 heterocycles.